The number of hydrogen-bond acceptors (Lipinski definition) is 5. The number of thioether (sulfide) groups is 1. The number of aromatic nitrogens is 3. The molecule has 0 atom stereocenters. The molecule has 1 heterocycles. The van der Waals surface area contributed by atoms with Crippen LogP contribution in [0.5, 0.6) is 0 Å². The lowest BCUT2D eigenvalue weighted by Crippen LogP contribution is -2.20. The number of methoxy groups -OCH3 is 1. The second-order valence-electron chi connectivity index (χ2n) is 7.27. The molecule has 2 N–H and O–H groups in total. The van der Waals surface area contributed by atoms with Crippen molar-refractivity contribution < 1.29 is 9.53 Å². The van der Waals surface area contributed by atoms with Crippen LogP contribution in [0.15, 0.2) is 28.2 Å². The molecular formula is C20H30N4O3S. The number of hydrogen-bond donors (Lipinski definition) is 2. The molecule has 0 aliphatic rings. The zero-order valence-corrected chi connectivity index (χ0v) is 18.1. The van der Waals surface area contributed by atoms with Gasteiger partial charge in [0.05, 0.1) is 5.75 Å². The van der Waals surface area contributed by atoms with Crippen molar-refractivity contribution in [2.75, 3.05) is 24.8 Å². The maximum Gasteiger partial charge on any atom is 0.343 e. The molecule has 0 spiro atoms. The fourth-order valence-electron chi connectivity index (χ4n) is 2.98. The Labute approximate surface area is 170 Å². The van der Waals surface area contributed by atoms with Gasteiger partial charge in [-0.2, -0.15) is 0 Å². The number of amides is 1. The number of anilines is 1. The Balaban J connectivity index is 2.09. The molecule has 0 aliphatic heterocycles. The van der Waals surface area contributed by atoms with Crippen LogP contribution in [0, 0.1) is 0 Å². The van der Waals surface area contributed by atoms with Crippen molar-refractivity contribution in [3.8, 4) is 0 Å². The molecule has 8 heteroatoms. The third kappa shape index (κ3) is 5.72. The van der Waals surface area contributed by atoms with Crippen molar-refractivity contribution in [3.05, 3.63) is 39.8 Å². The van der Waals surface area contributed by atoms with Gasteiger partial charge in [0.25, 0.3) is 0 Å². The van der Waals surface area contributed by atoms with E-state index in [2.05, 4.69) is 55.3 Å². The number of para-hydroxylation sites is 1. The lowest BCUT2D eigenvalue weighted by atomic mass is 9.92. The molecule has 0 bridgehead atoms. The van der Waals surface area contributed by atoms with Gasteiger partial charge in [-0.15, -0.1) is 5.10 Å². The van der Waals surface area contributed by atoms with Gasteiger partial charge in [-0.3, -0.25) is 9.36 Å². The summed E-state index contributed by atoms with van der Waals surface area (Å²) in [5, 5.41) is 10.1. The van der Waals surface area contributed by atoms with Crippen molar-refractivity contribution in [3.63, 3.8) is 0 Å². The average molecular weight is 407 g/mol. The number of nitrogens with one attached hydrogen (secondary N) is 2. The minimum Gasteiger partial charge on any atom is -0.385 e. The number of benzene rings is 1. The van der Waals surface area contributed by atoms with E-state index in [-0.39, 0.29) is 17.3 Å². The van der Waals surface area contributed by atoms with Crippen LogP contribution in [0.1, 0.15) is 57.1 Å². The van der Waals surface area contributed by atoms with Crippen LogP contribution in [0.25, 0.3) is 0 Å². The van der Waals surface area contributed by atoms with Crippen molar-refractivity contribution in [1.82, 2.24) is 14.8 Å². The summed E-state index contributed by atoms with van der Waals surface area (Å²) < 4.78 is 6.57. The van der Waals surface area contributed by atoms with E-state index >= 15 is 0 Å². The maximum absolute atomic E-state index is 12.6. The van der Waals surface area contributed by atoms with Crippen LogP contribution in [0.2, 0.25) is 0 Å². The number of aromatic amines is 1. The number of carbonyl (C=O) groups excluding carboxylic acids is 1. The lowest BCUT2D eigenvalue weighted by Gasteiger charge is -2.20. The highest BCUT2D eigenvalue weighted by atomic mass is 32.2. The lowest BCUT2D eigenvalue weighted by molar-refractivity contribution is -0.113. The van der Waals surface area contributed by atoms with E-state index in [1.54, 1.807) is 11.7 Å². The van der Waals surface area contributed by atoms with Crippen molar-refractivity contribution in [2.45, 2.75) is 57.7 Å². The second kappa shape index (κ2) is 10.5. The predicted molar refractivity (Wildman–Crippen MR) is 113 cm³/mol. The van der Waals surface area contributed by atoms with Crippen molar-refractivity contribution in [1.29, 1.82) is 0 Å². The van der Waals surface area contributed by atoms with Gasteiger partial charge in [-0.25, -0.2) is 9.89 Å². The standard InChI is InChI=1S/C20H30N4O3S/c1-13(2)15-8-6-9-16(14(3)4)18(15)21-17(25)12-28-20-23-22-19(26)24(20)10-7-11-27-5/h6,8-9,13-14H,7,10-12H2,1-5H3,(H,21,25)(H,22,26). The van der Waals surface area contributed by atoms with Gasteiger partial charge >= 0.3 is 5.69 Å². The number of rotatable bonds is 10. The van der Waals surface area contributed by atoms with E-state index in [9.17, 15) is 9.59 Å². The molecule has 28 heavy (non-hydrogen) atoms. The Morgan fingerprint density at radius 3 is 2.46 bits per heavy atom. The van der Waals surface area contributed by atoms with Gasteiger partial charge in [0.1, 0.15) is 0 Å². The Hall–Kier alpha value is -2.06. The van der Waals surface area contributed by atoms with Crippen LogP contribution >= 0.6 is 11.8 Å². The molecule has 0 fully saturated rings. The normalized spacial score (nSPS) is 11.4. The summed E-state index contributed by atoms with van der Waals surface area (Å²) in [5.41, 5.74) is 2.88. The van der Waals surface area contributed by atoms with Gasteiger partial charge in [0, 0.05) is 25.9 Å². The molecule has 2 rings (SSSR count). The zero-order valence-electron chi connectivity index (χ0n) is 17.2. The first-order valence-corrected chi connectivity index (χ1v) is 10.5. The molecule has 154 valence electrons. The number of H-pyrrole nitrogens is 1. The fraction of sp³-hybridized carbons (Fsp3) is 0.550. The number of ether oxygens (including phenoxy) is 1. The van der Waals surface area contributed by atoms with Crippen LogP contribution in [-0.2, 0) is 16.1 Å². The van der Waals surface area contributed by atoms with Crippen LogP contribution < -0.4 is 11.0 Å². The summed E-state index contributed by atoms with van der Waals surface area (Å²) in [5.74, 6) is 0.676. The average Bonchev–Trinajstić information content (AvgIpc) is 3.00. The summed E-state index contributed by atoms with van der Waals surface area (Å²) in [6.07, 6.45) is 0.704. The summed E-state index contributed by atoms with van der Waals surface area (Å²) in [4.78, 5) is 24.5. The second-order valence-corrected chi connectivity index (χ2v) is 8.21. The van der Waals surface area contributed by atoms with Crippen LogP contribution in [0.4, 0.5) is 5.69 Å². The Bertz CT molecular complexity index is 816. The Morgan fingerprint density at radius 1 is 1.25 bits per heavy atom. The van der Waals surface area contributed by atoms with Gasteiger partial charge in [0.2, 0.25) is 5.91 Å². The molecular weight excluding hydrogens is 376 g/mol. The van der Waals surface area contributed by atoms with E-state index < -0.39 is 0 Å². The smallest absolute Gasteiger partial charge is 0.343 e. The number of nitrogens with zero attached hydrogens (tertiary/aromatic N) is 2. The molecule has 0 radical (unpaired) electrons. The summed E-state index contributed by atoms with van der Waals surface area (Å²) in [7, 11) is 1.62. The van der Waals surface area contributed by atoms with Gasteiger partial charge in [-0.05, 0) is 29.4 Å². The summed E-state index contributed by atoms with van der Waals surface area (Å²) in [6.45, 7) is 9.53. The topological polar surface area (TPSA) is 89.0 Å². The first kappa shape index (κ1) is 22.2. The van der Waals surface area contributed by atoms with E-state index in [0.29, 0.717) is 36.6 Å². The molecule has 0 aliphatic carbocycles. The molecule has 0 unspecified atom stereocenters. The monoisotopic (exact) mass is 406 g/mol. The third-order valence-corrected chi connectivity index (χ3v) is 5.40. The number of carbonyl (C=O) groups is 1. The summed E-state index contributed by atoms with van der Waals surface area (Å²) >= 11 is 1.25. The quantitative estimate of drug-likeness (QED) is 0.465. The largest absolute Gasteiger partial charge is 0.385 e. The first-order valence-electron chi connectivity index (χ1n) is 9.54. The highest BCUT2D eigenvalue weighted by molar-refractivity contribution is 7.99. The van der Waals surface area contributed by atoms with E-state index in [0.717, 1.165) is 16.8 Å². The molecule has 2 aromatic rings. The molecule has 0 saturated heterocycles. The van der Waals surface area contributed by atoms with Crippen LogP contribution in [-0.4, -0.2) is 40.1 Å². The van der Waals surface area contributed by atoms with Gasteiger partial charge in [0.15, 0.2) is 5.16 Å². The van der Waals surface area contributed by atoms with E-state index in [4.69, 9.17) is 4.74 Å². The van der Waals surface area contributed by atoms with E-state index in [1.165, 1.54) is 11.8 Å². The van der Waals surface area contributed by atoms with Crippen LogP contribution in [0.3, 0.4) is 0 Å². The Kier molecular flexibility index (Phi) is 8.32. The van der Waals surface area contributed by atoms with Gasteiger partial charge in [-0.1, -0.05) is 57.7 Å². The minimum atomic E-state index is -0.272. The molecule has 1 aromatic carbocycles. The van der Waals surface area contributed by atoms with Gasteiger partial charge < -0.3 is 10.1 Å². The molecule has 1 aromatic heterocycles. The highest BCUT2D eigenvalue weighted by Gasteiger charge is 2.17. The van der Waals surface area contributed by atoms with Crippen molar-refractivity contribution in [2.24, 2.45) is 0 Å². The predicted octanol–water partition coefficient (Wildman–Crippen LogP) is 3.59. The molecule has 0 saturated carbocycles. The minimum absolute atomic E-state index is 0.112. The van der Waals surface area contributed by atoms with E-state index in [1.807, 2.05) is 6.07 Å². The molecule has 1 amide bonds. The Morgan fingerprint density at radius 2 is 1.89 bits per heavy atom. The maximum atomic E-state index is 12.6. The third-order valence-electron chi connectivity index (χ3n) is 4.42. The highest BCUT2D eigenvalue weighted by Crippen LogP contribution is 2.32. The fourth-order valence-corrected chi connectivity index (χ4v) is 3.75. The first-order chi connectivity index (χ1) is 13.3. The SMILES string of the molecule is COCCCn1c(SCC(=O)Nc2c(C(C)C)cccc2C(C)C)n[nH]c1=O. The zero-order chi connectivity index (χ0) is 20.7. The summed E-state index contributed by atoms with van der Waals surface area (Å²) in [6, 6.07) is 6.15. The molecule has 7 nitrogen and oxygen atoms in total. The van der Waals surface area contributed by atoms with Crippen molar-refractivity contribution >= 4 is 23.4 Å².